The van der Waals surface area contributed by atoms with E-state index >= 15 is 0 Å². The van der Waals surface area contributed by atoms with Crippen LogP contribution < -0.4 is 5.32 Å². The summed E-state index contributed by atoms with van der Waals surface area (Å²) in [6.07, 6.45) is 9.28. The van der Waals surface area contributed by atoms with Crippen molar-refractivity contribution in [1.82, 2.24) is 25.2 Å². The summed E-state index contributed by atoms with van der Waals surface area (Å²) in [5.74, 6) is 0.536. The summed E-state index contributed by atoms with van der Waals surface area (Å²) in [6, 6.07) is 5.21. The molecule has 1 saturated heterocycles. The largest absolute Gasteiger partial charge is 0.449 e. The van der Waals surface area contributed by atoms with Gasteiger partial charge in [0.25, 0.3) is 11.8 Å². The smallest absolute Gasteiger partial charge is 0.287 e. The number of aromatic nitrogens is 3. The summed E-state index contributed by atoms with van der Waals surface area (Å²) in [7, 11) is 0. The first-order valence-electron chi connectivity index (χ1n) is 9.82. The van der Waals surface area contributed by atoms with E-state index < -0.39 is 0 Å². The van der Waals surface area contributed by atoms with Gasteiger partial charge in [-0.3, -0.25) is 14.6 Å². The average molecular weight is 391 g/mol. The zero-order chi connectivity index (χ0) is 19.8. The second-order valence-electron chi connectivity index (χ2n) is 7.88. The number of fused-ring (bicyclic) bond motifs is 1. The quantitative estimate of drug-likeness (QED) is 0.732. The summed E-state index contributed by atoms with van der Waals surface area (Å²) in [6.45, 7) is 2.09. The molecule has 29 heavy (non-hydrogen) atoms. The fraction of sp³-hybridized carbons (Fsp3) is 0.381. The Morgan fingerprint density at radius 1 is 1.21 bits per heavy atom. The van der Waals surface area contributed by atoms with Crippen molar-refractivity contribution < 1.29 is 14.0 Å². The van der Waals surface area contributed by atoms with Crippen molar-refractivity contribution in [2.45, 2.75) is 19.3 Å². The van der Waals surface area contributed by atoms with E-state index in [1.807, 2.05) is 11.0 Å². The number of carbonyl (C=O) groups excluding carboxylic acids is 2. The first-order chi connectivity index (χ1) is 14.1. The van der Waals surface area contributed by atoms with Gasteiger partial charge >= 0.3 is 0 Å². The van der Waals surface area contributed by atoms with Gasteiger partial charge in [-0.2, -0.15) is 0 Å². The molecule has 2 fully saturated rings. The molecule has 1 N–H and O–H groups in total. The normalized spacial score (nSPS) is 20.0. The number of pyridine rings is 1. The fourth-order valence-corrected chi connectivity index (χ4v) is 4.37. The monoisotopic (exact) mass is 391 g/mol. The molecule has 5 rings (SSSR count). The van der Waals surface area contributed by atoms with Crippen LogP contribution in [0.5, 0.6) is 0 Å². The van der Waals surface area contributed by atoms with Crippen molar-refractivity contribution in [3.63, 3.8) is 0 Å². The lowest BCUT2D eigenvalue weighted by molar-refractivity contribution is 0.0662. The van der Waals surface area contributed by atoms with E-state index in [0.29, 0.717) is 29.5 Å². The van der Waals surface area contributed by atoms with Crippen molar-refractivity contribution in [2.75, 3.05) is 19.6 Å². The number of amides is 2. The maximum absolute atomic E-state index is 12.5. The van der Waals surface area contributed by atoms with Crippen LogP contribution in [0.2, 0.25) is 0 Å². The van der Waals surface area contributed by atoms with E-state index in [-0.39, 0.29) is 17.2 Å². The van der Waals surface area contributed by atoms with Crippen molar-refractivity contribution in [2.24, 2.45) is 11.3 Å². The summed E-state index contributed by atoms with van der Waals surface area (Å²) >= 11 is 0. The van der Waals surface area contributed by atoms with Gasteiger partial charge in [-0.1, -0.05) is 0 Å². The van der Waals surface area contributed by atoms with Gasteiger partial charge in [0.1, 0.15) is 12.0 Å². The van der Waals surface area contributed by atoms with Gasteiger partial charge in [-0.05, 0) is 48.8 Å². The van der Waals surface area contributed by atoms with Crippen LogP contribution in [0, 0.1) is 11.3 Å². The van der Waals surface area contributed by atoms with Crippen LogP contribution in [0.3, 0.4) is 0 Å². The third-order valence-electron chi connectivity index (χ3n) is 6.26. The number of rotatable bonds is 4. The molecule has 0 bridgehead atoms. The highest BCUT2D eigenvalue weighted by molar-refractivity contribution is 5.96. The molecule has 2 aliphatic rings. The lowest BCUT2D eigenvalue weighted by Gasteiger charge is -2.32. The second-order valence-corrected chi connectivity index (χ2v) is 7.88. The molecule has 148 valence electrons. The number of hydrogen-bond acceptors (Lipinski definition) is 6. The number of hydrogen-bond donors (Lipinski definition) is 1. The Bertz CT molecular complexity index is 1020. The van der Waals surface area contributed by atoms with Crippen molar-refractivity contribution in [1.29, 1.82) is 0 Å². The number of piperidine rings is 1. The SMILES string of the molecule is O=C(NCC1CC12CCN(C(=O)c1ccncn1)CC2)c1cc2ccncc2o1. The van der Waals surface area contributed by atoms with Crippen LogP contribution in [0.1, 0.15) is 40.3 Å². The van der Waals surface area contributed by atoms with E-state index in [2.05, 4.69) is 20.3 Å². The predicted octanol–water partition coefficient (Wildman–Crippen LogP) is 2.29. The Morgan fingerprint density at radius 3 is 2.79 bits per heavy atom. The zero-order valence-electron chi connectivity index (χ0n) is 15.9. The van der Waals surface area contributed by atoms with Gasteiger partial charge in [-0.15, -0.1) is 0 Å². The molecular weight excluding hydrogens is 370 g/mol. The lowest BCUT2D eigenvalue weighted by Crippen LogP contribution is -2.40. The maximum Gasteiger partial charge on any atom is 0.287 e. The number of likely N-dealkylation sites (tertiary alicyclic amines) is 1. The minimum Gasteiger partial charge on any atom is -0.449 e. The van der Waals surface area contributed by atoms with Gasteiger partial charge in [0.05, 0.1) is 6.20 Å². The third kappa shape index (κ3) is 3.35. The van der Waals surface area contributed by atoms with Crippen LogP contribution in [0.25, 0.3) is 11.0 Å². The molecule has 1 atom stereocenters. The summed E-state index contributed by atoms with van der Waals surface area (Å²) < 4.78 is 5.57. The molecule has 1 spiro atoms. The molecule has 2 amide bonds. The minimum absolute atomic E-state index is 0.0351. The van der Waals surface area contributed by atoms with Crippen LogP contribution in [0.15, 0.2) is 47.5 Å². The van der Waals surface area contributed by atoms with Crippen LogP contribution in [-0.4, -0.2) is 51.3 Å². The molecule has 8 heteroatoms. The number of nitrogens with zero attached hydrogens (tertiary/aromatic N) is 4. The highest BCUT2D eigenvalue weighted by Gasteiger charge is 2.54. The van der Waals surface area contributed by atoms with E-state index in [4.69, 9.17) is 4.42 Å². The Labute approximate surface area is 167 Å². The summed E-state index contributed by atoms with van der Waals surface area (Å²) in [5, 5.41) is 3.87. The highest BCUT2D eigenvalue weighted by Crippen LogP contribution is 2.59. The molecule has 4 heterocycles. The predicted molar refractivity (Wildman–Crippen MR) is 104 cm³/mol. The Kier molecular flexibility index (Phi) is 4.26. The van der Waals surface area contributed by atoms with Crippen molar-refractivity contribution in [3.05, 3.63) is 54.6 Å². The van der Waals surface area contributed by atoms with Gasteiger partial charge < -0.3 is 14.6 Å². The van der Waals surface area contributed by atoms with E-state index in [1.54, 1.807) is 30.7 Å². The number of carbonyl (C=O) groups is 2. The summed E-state index contributed by atoms with van der Waals surface area (Å²) in [4.78, 5) is 38.7. The molecule has 1 aliphatic carbocycles. The molecule has 3 aromatic rings. The third-order valence-corrected chi connectivity index (χ3v) is 6.26. The first-order valence-corrected chi connectivity index (χ1v) is 9.82. The Morgan fingerprint density at radius 2 is 2.03 bits per heavy atom. The Hall–Kier alpha value is -3.29. The van der Waals surface area contributed by atoms with Crippen LogP contribution >= 0.6 is 0 Å². The zero-order valence-corrected chi connectivity index (χ0v) is 15.9. The molecule has 1 saturated carbocycles. The second kappa shape index (κ2) is 6.95. The molecule has 1 aliphatic heterocycles. The topological polar surface area (TPSA) is 101 Å². The Balaban J connectivity index is 1.14. The van der Waals surface area contributed by atoms with Crippen molar-refractivity contribution in [3.8, 4) is 0 Å². The highest BCUT2D eigenvalue weighted by atomic mass is 16.3. The molecule has 1 unspecified atom stereocenters. The minimum atomic E-state index is -0.195. The van der Waals surface area contributed by atoms with Crippen LogP contribution in [0.4, 0.5) is 0 Å². The van der Waals surface area contributed by atoms with E-state index in [1.165, 1.54) is 6.33 Å². The van der Waals surface area contributed by atoms with E-state index in [0.717, 1.165) is 37.7 Å². The number of nitrogens with one attached hydrogen (secondary N) is 1. The molecule has 0 aromatic carbocycles. The molecule has 3 aromatic heterocycles. The van der Waals surface area contributed by atoms with Crippen molar-refractivity contribution >= 4 is 22.8 Å². The average Bonchev–Trinajstić information content (AvgIpc) is 3.24. The standard InChI is InChI=1S/C21H21N5O3/c27-19(17-9-14-1-5-22-12-18(14)29-17)24-11-15-10-21(15)3-7-26(8-4-21)20(28)16-2-6-23-13-25-16/h1-2,5-6,9,12-13,15H,3-4,7-8,10-11H2,(H,24,27). The molecular formula is C21H21N5O3. The fourth-order valence-electron chi connectivity index (χ4n) is 4.37. The van der Waals surface area contributed by atoms with Gasteiger partial charge in [0, 0.05) is 37.4 Å². The number of furan rings is 1. The molecule has 0 radical (unpaired) electrons. The van der Waals surface area contributed by atoms with Gasteiger partial charge in [-0.25, -0.2) is 9.97 Å². The molecule has 8 nitrogen and oxygen atoms in total. The van der Waals surface area contributed by atoms with Gasteiger partial charge in [0.15, 0.2) is 11.3 Å². The summed E-state index contributed by atoms with van der Waals surface area (Å²) in [5.41, 5.74) is 1.30. The lowest BCUT2D eigenvalue weighted by atomic mass is 9.90. The first kappa shape index (κ1) is 17.8. The van der Waals surface area contributed by atoms with Crippen LogP contribution in [-0.2, 0) is 0 Å². The van der Waals surface area contributed by atoms with Gasteiger partial charge in [0.2, 0.25) is 0 Å². The maximum atomic E-state index is 12.5. The van der Waals surface area contributed by atoms with E-state index in [9.17, 15) is 9.59 Å².